The number of aromatic nitrogens is 2. The molecule has 5 nitrogen and oxygen atoms in total. The number of carbonyl (C=O) groups excluding carboxylic acids is 1. The molecule has 2 aromatic rings. The summed E-state index contributed by atoms with van der Waals surface area (Å²) in [6.45, 7) is 1.36. The molecule has 1 N–H and O–H groups in total. The van der Waals surface area contributed by atoms with Gasteiger partial charge in [-0.2, -0.15) is 5.10 Å². The third kappa shape index (κ3) is 2.13. The number of ether oxygens (including phenoxy) is 1. The Hall–Kier alpha value is -2.30. The van der Waals surface area contributed by atoms with Gasteiger partial charge in [-0.1, -0.05) is 6.07 Å². The largest absolute Gasteiger partial charge is 0.504 e. The lowest BCUT2D eigenvalue weighted by atomic mass is 10.3. The van der Waals surface area contributed by atoms with Crippen molar-refractivity contribution in [2.45, 2.75) is 6.92 Å². The molecule has 0 spiro atoms. The van der Waals surface area contributed by atoms with Gasteiger partial charge in [0.05, 0.1) is 19.0 Å². The lowest BCUT2D eigenvalue weighted by molar-refractivity contribution is 0.101. The van der Waals surface area contributed by atoms with Crippen molar-refractivity contribution in [1.82, 2.24) is 9.78 Å². The zero-order valence-electron chi connectivity index (χ0n) is 9.54. The Bertz CT molecular complexity index is 561. The lowest BCUT2D eigenvalue weighted by Crippen LogP contribution is -1.99. The maximum atomic E-state index is 11.2. The Labute approximate surface area is 98.3 Å². The summed E-state index contributed by atoms with van der Waals surface area (Å²) in [5, 5.41) is 13.6. The summed E-state index contributed by atoms with van der Waals surface area (Å²) in [4.78, 5) is 11.2. The number of aromatic hydroxyl groups is 1. The van der Waals surface area contributed by atoms with Gasteiger partial charge in [-0.25, -0.2) is 4.68 Å². The summed E-state index contributed by atoms with van der Waals surface area (Å²) in [6.07, 6.45) is 1.39. The Kier molecular flexibility index (Phi) is 2.82. The summed E-state index contributed by atoms with van der Waals surface area (Å²) < 4.78 is 6.53. The first-order valence-corrected chi connectivity index (χ1v) is 5.06. The van der Waals surface area contributed by atoms with Gasteiger partial charge in [-0.3, -0.25) is 4.79 Å². The van der Waals surface area contributed by atoms with E-state index < -0.39 is 0 Å². The maximum absolute atomic E-state index is 11.2. The van der Waals surface area contributed by atoms with Gasteiger partial charge in [0.2, 0.25) is 0 Å². The SMILES string of the molecule is COc1cccc(-n2cc(O)c(C(C)=O)n2)c1. The van der Waals surface area contributed by atoms with Crippen LogP contribution in [0.3, 0.4) is 0 Å². The molecule has 17 heavy (non-hydrogen) atoms. The molecular formula is C12H12N2O3. The maximum Gasteiger partial charge on any atom is 0.183 e. The average molecular weight is 232 g/mol. The molecule has 0 aliphatic heterocycles. The van der Waals surface area contributed by atoms with Gasteiger partial charge in [0.1, 0.15) is 5.75 Å². The third-order valence-electron chi connectivity index (χ3n) is 2.35. The minimum Gasteiger partial charge on any atom is -0.504 e. The van der Waals surface area contributed by atoms with E-state index in [0.717, 1.165) is 0 Å². The average Bonchev–Trinajstić information content (AvgIpc) is 2.71. The van der Waals surface area contributed by atoms with Crippen LogP contribution in [-0.2, 0) is 0 Å². The molecule has 0 aliphatic carbocycles. The van der Waals surface area contributed by atoms with Crippen LogP contribution in [0.2, 0.25) is 0 Å². The number of Topliss-reactive ketones (excluding diaryl/α,β-unsaturated/α-hetero) is 1. The molecular weight excluding hydrogens is 220 g/mol. The van der Waals surface area contributed by atoms with Gasteiger partial charge in [-0.05, 0) is 12.1 Å². The van der Waals surface area contributed by atoms with Crippen LogP contribution in [0, 0.1) is 0 Å². The molecule has 1 aromatic heterocycles. The van der Waals surface area contributed by atoms with Gasteiger partial charge in [0, 0.05) is 13.0 Å². The van der Waals surface area contributed by atoms with E-state index in [-0.39, 0.29) is 17.2 Å². The molecule has 0 aliphatic rings. The highest BCUT2D eigenvalue weighted by Gasteiger charge is 2.12. The normalized spacial score (nSPS) is 10.2. The minimum atomic E-state index is -0.274. The van der Waals surface area contributed by atoms with Gasteiger partial charge in [-0.15, -0.1) is 0 Å². The Morgan fingerprint density at radius 1 is 1.47 bits per heavy atom. The number of rotatable bonds is 3. The first kappa shape index (κ1) is 11.2. The second-order valence-corrected chi connectivity index (χ2v) is 3.57. The molecule has 1 heterocycles. The Morgan fingerprint density at radius 2 is 2.24 bits per heavy atom. The standard InChI is InChI=1S/C12H12N2O3/c1-8(15)12-11(16)7-14(13-12)9-4-3-5-10(6-9)17-2/h3-7,16H,1-2H3. The number of hydrogen-bond acceptors (Lipinski definition) is 4. The van der Waals surface area contributed by atoms with E-state index in [1.807, 2.05) is 0 Å². The Morgan fingerprint density at radius 3 is 2.82 bits per heavy atom. The van der Waals surface area contributed by atoms with Crippen molar-refractivity contribution in [3.05, 3.63) is 36.2 Å². The first-order chi connectivity index (χ1) is 8.11. The van der Waals surface area contributed by atoms with Crippen molar-refractivity contribution < 1.29 is 14.6 Å². The van der Waals surface area contributed by atoms with Crippen molar-refractivity contribution in [3.8, 4) is 17.2 Å². The Balaban J connectivity index is 2.46. The molecule has 2 rings (SSSR count). The molecule has 0 saturated carbocycles. The van der Waals surface area contributed by atoms with Crippen molar-refractivity contribution in [1.29, 1.82) is 0 Å². The number of benzene rings is 1. The van der Waals surface area contributed by atoms with Crippen molar-refractivity contribution in [2.75, 3.05) is 7.11 Å². The lowest BCUT2D eigenvalue weighted by Gasteiger charge is -2.03. The highest BCUT2D eigenvalue weighted by Crippen LogP contribution is 2.21. The molecule has 0 saturated heterocycles. The van der Waals surface area contributed by atoms with Crippen molar-refractivity contribution >= 4 is 5.78 Å². The summed E-state index contributed by atoms with van der Waals surface area (Å²) >= 11 is 0. The minimum absolute atomic E-state index is 0.0628. The molecule has 1 aromatic carbocycles. The van der Waals surface area contributed by atoms with Gasteiger partial charge in [0.15, 0.2) is 17.2 Å². The highest BCUT2D eigenvalue weighted by atomic mass is 16.5. The molecule has 0 fully saturated rings. The molecule has 0 bridgehead atoms. The summed E-state index contributed by atoms with van der Waals surface area (Å²) in [7, 11) is 1.57. The van der Waals surface area contributed by atoms with Crippen LogP contribution in [0.1, 0.15) is 17.4 Å². The van der Waals surface area contributed by atoms with Crippen LogP contribution in [0.15, 0.2) is 30.5 Å². The summed E-state index contributed by atoms with van der Waals surface area (Å²) in [5.74, 6) is 0.284. The predicted octanol–water partition coefficient (Wildman–Crippen LogP) is 1.79. The highest BCUT2D eigenvalue weighted by molar-refractivity contribution is 5.94. The van der Waals surface area contributed by atoms with Crippen molar-refractivity contribution in [3.63, 3.8) is 0 Å². The summed E-state index contributed by atoms with van der Waals surface area (Å²) in [5.41, 5.74) is 0.778. The van der Waals surface area contributed by atoms with E-state index in [2.05, 4.69) is 5.10 Å². The molecule has 0 amide bonds. The van der Waals surface area contributed by atoms with Gasteiger partial charge < -0.3 is 9.84 Å². The van der Waals surface area contributed by atoms with Gasteiger partial charge in [0.25, 0.3) is 0 Å². The zero-order chi connectivity index (χ0) is 12.4. The monoisotopic (exact) mass is 232 g/mol. The van der Waals surface area contributed by atoms with E-state index >= 15 is 0 Å². The molecule has 5 heteroatoms. The van der Waals surface area contributed by atoms with E-state index in [1.54, 1.807) is 31.4 Å². The van der Waals surface area contributed by atoms with E-state index in [9.17, 15) is 9.90 Å². The smallest absolute Gasteiger partial charge is 0.183 e. The van der Waals surface area contributed by atoms with Crippen LogP contribution in [0.4, 0.5) is 0 Å². The van der Waals surface area contributed by atoms with Gasteiger partial charge >= 0.3 is 0 Å². The molecule has 0 atom stereocenters. The molecule has 0 unspecified atom stereocenters. The van der Waals surface area contributed by atoms with Crippen LogP contribution < -0.4 is 4.74 Å². The second kappa shape index (κ2) is 4.29. The van der Waals surface area contributed by atoms with E-state index in [1.165, 1.54) is 17.8 Å². The second-order valence-electron chi connectivity index (χ2n) is 3.57. The number of methoxy groups -OCH3 is 1. The molecule has 0 radical (unpaired) electrons. The fourth-order valence-electron chi connectivity index (χ4n) is 1.50. The van der Waals surface area contributed by atoms with Crippen LogP contribution in [0.5, 0.6) is 11.5 Å². The fourth-order valence-corrected chi connectivity index (χ4v) is 1.50. The van der Waals surface area contributed by atoms with Crippen LogP contribution >= 0.6 is 0 Å². The topological polar surface area (TPSA) is 64.3 Å². The fraction of sp³-hybridized carbons (Fsp3) is 0.167. The third-order valence-corrected chi connectivity index (χ3v) is 2.35. The number of ketones is 1. The number of carbonyl (C=O) groups is 1. The zero-order valence-corrected chi connectivity index (χ0v) is 9.54. The van der Waals surface area contributed by atoms with Crippen LogP contribution in [-0.4, -0.2) is 27.8 Å². The summed E-state index contributed by atoms with van der Waals surface area (Å²) in [6, 6.07) is 7.17. The van der Waals surface area contributed by atoms with Crippen LogP contribution in [0.25, 0.3) is 5.69 Å². The quantitative estimate of drug-likeness (QED) is 0.819. The number of hydrogen-bond donors (Lipinski definition) is 1. The van der Waals surface area contributed by atoms with E-state index in [0.29, 0.717) is 11.4 Å². The molecule has 88 valence electrons. The predicted molar refractivity (Wildman–Crippen MR) is 61.8 cm³/mol. The first-order valence-electron chi connectivity index (χ1n) is 5.06. The van der Waals surface area contributed by atoms with Crippen molar-refractivity contribution in [2.24, 2.45) is 0 Å². The number of nitrogens with zero attached hydrogens (tertiary/aromatic N) is 2. The van der Waals surface area contributed by atoms with E-state index in [4.69, 9.17) is 4.74 Å².